The van der Waals surface area contributed by atoms with E-state index in [1.807, 2.05) is 49.7 Å². The summed E-state index contributed by atoms with van der Waals surface area (Å²) in [7, 11) is 0. The van der Waals surface area contributed by atoms with Crippen LogP contribution in [0.15, 0.2) is 24.3 Å². The maximum absolute atomic E-state index is 11.8. The second-order valence-corrected chi connectivity index (χ2v) is 7.36. The van der Waals surface area contributed by atoms with E-state index in [0.717, 1.165) is 29.9 Å². The van der Waals surface area contributed by atoms with Gasteiger partial charge < -0.3 is 10.6 Å². The minimum atomic E-state index is -0.508. The van der Waals surface area contributed by atoms with Gasteiger partial charge in [-0.3, -0.25) is 10.1 Å². The van der Waals surface area contributed by atoms with Gasteiger partial charge in [0, 0.05) is 16.8 Å². The van der Waals surface area contributed by atoms with Crippen LogP contribution in [-0.4, -0.2) is 44.2 Å². The summed E-state index contributed by atoms with van der Waals surface area (Å²) >= 11 is 0. The van der Waals surface area contributed by atoms with E-state index >= 15 is 0 Å². The van der Waals surface area contributed by atoms with Crippen molar-refractivity contribution < 1.29 is 9.59 Å². The predicted molar refractivity (Wildman–Crippen MR) is 96.4 cm³/mol. The van der Waals surface area contributed by atoms with E-state index in [1.165, 1.54) is 0 Å². The van der Waals surface area contributed by atoms with Crippen LogP contribution in [0.1, 0.15) is 39.7 Å². The second-order valence-electron chi connectivity index (χ2n) is 7.36. The molecule has 1 saturated carbocycles. The highest BCUT2D eigenvalue weighted by molar-refractivity contribution is 5.96. The van der Waals surface area contributed by atoms with Crippen LogP contribution in [0.2, 0.25) is 0 Å². The molecule has 3 rings (SSSR count). The molecule has 0 radical (unpaired) electrons. The van der Waals surface area contributed by atoms with Gasteiger partial charge in [0.15, 0.2) is 5.82 Å². The number of amides is 3. The first kappa shape index (κ1) is 17.8. The van der Waals surface area contributed by atoms with Crippen molar-refractivity contribution in [3.8, 4) is 11.4 Å². The molecule has 1 fully saturated rings. The van der Waals surface area contributed by atoms with Crippen molar-refractivity contribution in [3.05, 3.63) is 24.3 Å². The van der Waals surface area contributed by atoms with Crippen molar-refractivity contribution in [1.82, 2.24) is 30.8 Å². The number of anilines is 1. The van der Waals surface area contributed by atoms with Crippen LogP contribution in [0, 0.1) is 0 Å². The van der Waals surface area contributed by atoms with E-state index in [0.29, 0.717) is 6.04 Å². The van der Waals surface area contributed by atoms with E-state index in [2.05, 4.69) is 31.5 Å². The second kappa shape index (κ2) is 7.11. The number of benzene rings is 1. The number of carbonyl (C=O) groups is 2. The Morgan fingerprint density at radius 2 is 1.88 bits per heavy atom. The molecule has 1 aromatic heterocycles. The molecule has 3 amide bonds. The Balaban J connectivity index is 1.52. The Labute approximate surface area is 151 Å². The number of urea groups is 1. The Bertz CT molecular complexity index is 788. The van der Waals surface area contributed by atoms with E-state index in [9.17, 15) is 9.59 Å². The number of nitrogens with zero attached hydrogens (tertiary/aromatic N) is 4. The SMILES string of the molecule is CC(C)(C)NC(=O)NC(=O)CNc1ccc(-c2nnnn2C2CC2)cc1. The molecule has 1 aliphatic rings. The summed E-state index contributed by atoms with van der Waals surface area (Å²) in [6.07, 6.45) is 2.21. The summed E-state index contributed by atoms with van der Waals surface area (Å²) in [6, 6.07) is 7.40. The fourth-order valence-electron chi connectivity index (χ4n) is 2.41. The molecule has 9 nitrogen and oxygen atoms in total. The molecule has 0 spiro atoms. The fourth-order valence-corrected chi connectivity index (χ4v) is 2.41. The normalized spacial score (nSPS) is 14.0. The number of imide groups is 1. The van der Waals surface area contributed by atoms with Crippen LogP contribution in [0.3, 0.4) is 0 Å². The minimum Gasteiger partial charge on any atom is -0.376 e. The maximum atomic E-state index is 11.8. The van der Waals surface area contributed by atoms with Crippen molar-refractivity contribution in [2.75, 3.05) is 11.9 Å². The van der Waals surface area contributed by atoms with Crippen LogP contribution in [-0.2, 0) is 4.79 Å². The predicted octanol–water partition coefficient (Wildman–Crippen LogP) is 1.71. The van der Waals surface area contributed by atoms with Gasteiger partial charge in [0.25, 0.3) is 0 Å². The molecule has 0 bridgehead atoms. The highest BCUT2D eigenvalue weighted by Gasteiger charge is 2.28. The molecule has 1 aromatic carbocycles. The van der Waals surface area contributed by atoms with Gasteiger partial charge in [-0.05, 0) is 68.3 Å². The molecule has 9 heteroatoms. The molecule has 0 atom stereocenters. The standard InChI is InChI=1S/C17H23N7O2/c1-17(2,3)20-16(26)19-14(25)10-18-12-6-4-11(5-7-12)15-21-22-23-24(15)13-8-9-13/h4-7,13,18H,8-10H2,1-3H3,(H2,19,20,25,26). The summed E-state index contributed by atoms with van der Waals surface area (Å²) in [6.45, 7) is 5.53. The third kappa shape index (κ3) is 4.78. The summed E-state index contributed by atoms with van der Waals surface area (Å²) < 4.78 is 1.85. The molecule has 0 unspecified atom stereocenters. The van der Waals surface area contributed by atoms with Crippen molar-refractivity contribution in [1.29, 1.82) is 0 Å². The third-order valence-electron chi connectivity index (χ3n) is 3.72. The lowest BCUT2D eigenvalue weighted by Gasteiger charge is -2.20. The largest absolute Gasteiger partial charge is 0.376 e. The molecule has 1 heterocycles. The Kier molecular flexibility index (Phi) is 4.88. The number of nitrogens with one attached hydrogen (secondary N) is 3. The fraction of sp³-hybridized carbons (Fsp3) is 0.471. The number of aromatic nitrogens is 4. The minimum absolute atomic E-state index is 0.00325. The molecule has 138 valence electrons. The smallest absolute Gasteiger partial charge is 0.321 e. The molecular weight excluding hydrogens is 334 g/mol. The summed E-state index contributed by atoms with van der Waals surface area (Å²) in [4.78, 5) is 23.5. The van der Waals surface area contributed by atoms with Crippen LogP contribution >= 0.6 is 0 Å². The van der Waals surface area contributed by atoms with Crippen LogP contribution in [0.25, 0.3) is 11.4 Å². The van der Waals surface area contributed by atoms with Crippen molar-refractivity contribution in [3.63, 3.8) is 0 Å². The van der Waals surface area contributed by atoms with Crippen LogP contribution < -0.4 is 16.0 Å². The van der Waals surface area contributed by atoms with E-state index in [-0.39, 0.29) is 6.54 Å². The molecule has 0 aliphatic heterocycles. The van der Waals surface area contributed by atoms with Gasteiger partial charge >= 0.3 is 6.03 Å². The summed E-state index contributed by atoms with van der Waals surface area (Å²) in [5.74, 6) is 0.337. The first-order chi connectivity index (χ1) is 12.3. The van der Waals surface area contributed by atoms with Gasteiger partial charge in [-0.2, -0.15) is 0 Å². The number of rotatable bonds is 5. The maximum Gasteiger partial charge on any atom is 0.321 e. The Hall–Kier alpha value is -2.97. The lowest BCUT2D eigenvalue weighted by atomic mass is 10.1. The zero-order valence-electron chi connectivity index (χ0n) is 15.1. The third-order valence-corrected chi connectivity index (χ3v) is 3.72. The quantitative estimate of drug-likeness (QED) is 0.751. The van der Waals surface area contributed by atoms with Crippen LogP contribution in [0.5, 0.6) is 0 Å². The molecule has 2 aromatic rings. The monoisotopic (exact) mass is 357 g/mol. The molecule has 0 saturated heterocycles. The van der Waals surface area contributed by atoms with Gasteiger partial charge in [-0.25, -0.2) is 9.48 Å². The molecular formula is C17H23N7O2. The number of hydrogen-bond acceptors (Lipinski definition) is 6. The highest BCUT2D eigenvalue weighted by atomic mass is 16.2. The molecule has 26 heavy (non-hydrogen) atoms. The lowest BCUT2D eigenvalue weighted by molar-refractivity contribution is -0.118. The number of carbonyl (C=O) groups excluding carboxylic acids is 2. The van der Waals surface area contributed by atoms with Gasteiger partial charge in [0.1, 0.15) is 0 Å². The highest BCUT2D eigenvalue weighted by Crippen LogP contribution is 2.36. The molecule has 3 N–H and O–H groups in total. The van der Waals surface area contributed by atoms with E-state index in [1.54, 1.807) is 0 Å². The Morgan fingerprint density at radius 1 is 1.19 bits per heavy atom. The summed E-state index contributed by atoms with van der Waals surface area (Å²) in [5, 5.41) is 19.8. The average Bonchev–Trinajstić information content (AvgIpc) is 3.28. The zero-order valence-corrected chi connectivity index (χ0v) is 15.1. The lowest BCUT2D eigenvalue weighted by Crippen LogP contribution is -2.49. The first-order valence-corrected chi connectivity index (χ1v) is 8.56. The molecule has 1 aliphatic carbocycles. The van der Waals surface area contributed by atoms with E-state index in [4.69, 9.17) is 0 Å². The number of hydrogen-bond donors (Lipinski definition) is 3. The van der Waals surface area contributed by atoms with Gasteiger partial charge in [-0.15, -0.1) is 5.10 Å². The van der Waals surface area contributed by atoms with Crippen molar-refractivity contribution in [2.24, 2.45) is 0 Å². The van der Waals surface area contributed by atoms with Crippen molar-refractivity contribution in [2.45, 2.75) is 45.2 Å². The van der Waals surface area contributed by atoms with Gasteiger partial charge in [0.05, 0.1) is 12.6 Å². The zero-order chi connectivity index (χ0) is 18.7. The van der Waals surface area contributed by atoms with Gasteiger partial charge in [0.2, 0.25) is 5.91 Å². The number of tetrazole rings is 1. The topological polar surface area (TPSA) is 114 Å². The Morgan fingerprint density at radius 3 is 2.50 bits per heavy atom. The van der Waals surface area contributed by atoms with E-state index < -0.39 is 17.5 Å². The van der Waals surface area contributed by atoms with Crippen molar-refractivity contribution >= 4 is 17.6 Å². The first-order valence-electron chi connectivity index (χ1n) is 8.56. The summed E-state index contributed by atoms with van der Waals surface area (Å²) in [5.41, 5.74) is 1.29. The van der Waals surface area contributed by atoms with Gasteiger partial charge in [-0.1, -0.05) is 0 Å². The average molecular weight is 357 g/mol. The van der Waals surface area contributed by atoms with Crippen LogP contribution in [0.4, 0.5) is 10.5 Å².